The van der Waals surface area contributed by atoms with E-state index in [0.29, 0.717) is 0 Å². The van der Waals surface area contributed by atoms with Crippen molar-refractivity contribution in [1.82, 2.24) is 15.1 Å². The quantitative estimate of drug-likeness (QED) is 0.780. The largest absolute Gasteiger partial charge is 0.389 e. The van der Waals surface area contributed by atoms with Crippen LogP contribution in [0.5, 0.6) is 0 Å². The molecule has 0 aliphatic carbocycles. The fourth-order valence-corrected chi connectivity index (χ4v) is 4.51. The maximum Gasteiger partial charge on any atom is 0.0722 e. The highest BCUT2D eigenvalue weighted by molar-refractivity contribution is 4.98. The molecule has 0 aromatic heterocycles. The van der Waals surface area contributed by atoms with Crippen LogP contribution >= 0.6 is 0 Å². The molecule has 24 heavy (non-hydrogen) atoms. The third-order valence-electron chi connectivity index (χ3n) is 7.10. The van der Waals surface area contributed by atoms with Crippen molar-refractivity contribution in [3.63, 3.8) is 0 Å². The molecule has 0 amide bonds. The smallest absolute Gasteiger partial charge is 0.0722 e. The molecule has 2 fully saturated rings. The molecule has 2 aliphatic heterocycles. The zero-order chi connectivity index (χ0) is 18.0. The summed E-state index contributed by atoms with van der Waals surface area (Å²) in [6.07, 6.45) is 6.56. The van der Waals surface area contributed by atoms with Crippen molar-refractivity contribution in [2.45, 2.75) is 83.4 Å². The maximum atomic E-state index is 11.1. The predicted octanol–water partition coefficient (Wildman–Crippen LogP) is 2.71. The van der Waals surface area contributed by atoms with Gasteiger partial charge in [-0.3, -0.25) is 4.90 Å². The van der Waals surface area contributed by atoms with Gasteiger partial charge in [-0.25, -0.2) is 0 Å². The predicted molar refractivity (Wildman–Crippen MR) is 102 cm³/mol. The van der Waals surface area contributed by atoms with Gasteiger partial charge >= 0.3 is 0 Å². The van der Waals surface area contributed by atoms with Gasteiger partial charge in [-0.1, -0.05) is 13.8 Å². The molecule has 4 nitrogen and oxygen atoms in total. The van der Waals surface area contributed by atoms with Gasteiger partial charge in [0.2, 0.25) is 0 Å². The second-order valence-electron chi connectivity index (χ2n) is 9.66. The summed E-state index contributed by atoms with van der Waals surface area (Å²) in [6.45, 7) is 13.6. The van der Waals surface area contributed by atoms with Gasteiger partial charge < -0.3 is 15.3 Å². The Bertz CT molecular complexity index is 392. The van der Waals surface area contributed by atoms with Crippen molar-refractivity contribution >= 4 is 0 Å². The number of piperidine rings is 2. The van der Waals surface area contributed by atoms with Gasteiger partial charge in [0.25, 0.3) is 0 Å². The molecule has 0 radical (unpaired) electrons. The van der Waals surface area contributed by atoms with E-state index >= 15 is 0 Å². The van der Waals surface area contributed by atoms with E-state index in [1.165, 1.54) is 25.9 Å². The minimum absolute atomic E-state index is 0.0195. The Morgan fingerprint density at radius 2 is 1.58 bits per heavy atom. The number of hydrogen-bond donors (Lipinski definition) is 2. The molecule has 2 aliphatic rings. The van der Waals surface area contributed by atoms with E-state index in [1.807, 2.05) is 0 Å². The molecule has 0 aromatic carbocycles. The number of rotatable bonds is 6. The minimum Gasteiger partial charge on any atom is -0.389 e. The molecule has 2 heterocycles. The molecule has 2 rings (SSSR count). The Labute approximate surface area is 150 Å². The van der Waals surface area contributed by atoms with Crippen molar-refractivity contribution < 1.29 is 5.11 Å². The summed E-state index contributed by atoms with van der Waals surface area (Å²) in [7, 11) is 4.40. The highest BCUT2D eigenvalue weighted by Crippen LogP contribution is 2.43. The standard InChI is InChI=1S/C20H41N3O/c1-18(2,20(24)11-13-21-14-12-20)9-10-19(3,4)23-15-7-17(8-16-23)22(5)6/h17,21,24H,7-16H2,1-6H3. The number of nitrogens with zero attached hydrogens (tertiary/aromatic N) is 2. The lowest BCUT2D eigenvalue weighted by Crippen LogP contribution is -2.54. The molecule has 0 bridgehead atoms. The normalized spacial score (nSPS) is 24.5. The third kappa shape index (κ3) is 4.51. The lowest BCUT2D eigenvalue weighted by atomic mass is 9.66. The van der Waals surface area contributed by atoms with Crippen molar-refractivity contribution in [3.8, 4) is 0 Å². The van der Waals surface area contributed by atoms with E-state index in [4.69, 9.17) is 0 Å². The number of hydrogen-bond acceptors (Lipinski definition) is 4. The molecule has 0 spiro atoms. The van der Waals surface area contributed by atoms with Crippen LogP contribution in [0.4, 0.5) is 0 Å². The molecule has 0 unspecified atom stereocenters. The average Bonchev–Trinajstić information content (AvgIpc) is 2.54. The molecule has 0 saturated carbocycles. The zero-order valence-electron chi connectivity index (χ0n) is 17.0. The van der Waals surface area contributed by atoms with Crippen LogP contribution in [0.15, 0.2) is 0 Å². The number of aliphatic hydroxyl groups is 1. The van der Waals surface area contributed by atoms with Crippen LogP contribution in [0.1, 0.15) is 66.2 Å². The molecule has 0 atom stereocenters. The van der Waals surface area contributed by atoms with Gasteiger partial charge in [-0.2, -0.15) is 0 Å². The van der Waals surface area contributed by atoms with Crippen LogP contribution < -0.4 is 5.32 Å². The summed E-state index contributed by atoms with van der Waals surface area (Å²) in [4.78, 5) is 5.05. The lowest BCUT2D eigenvalue weighted by molar-refractivity contribution is -0.0972. The number of nitrogens with one attached hydrogen (secondary N) is 1. The van der Waals surface area contributed by atoms with Crippen LogP contribution in [0, 0.1) is 5.41 Å². The Hall–Kier alpha value is -0.160. The Morgan fingerprint density at radius 3 is 2.08 bits per heavy atom. The van der Waals surface area contributed by atoms with Gasteiger partial charge in [0.15, 0.2) is 0 Å². The SMILES string of the molecule is CN(C)C1CCN(C(C)(C)CCC(C)(C)C2(O)CCNCC2)CC1. The van der Waals surface area contributed by atoms with E-state index in [1.54, 1.807) is 0 Å². The summed E-state index contributed by atoms with van der Waals surface area (Å²) in [5.41, 5.74) is -0.307. The summed E-state index contributed by atoms with van der Waals surface area (Å²) in [5.74, 6) is 0. The summed E-state index contributed by atoms with van der Waals surface area (Å²) < 4.78 is 0. The first-order valence-electron chi connectivity index (χ1n) is 9.92. The van der Waals surface area contributed by atoms with Gasteiger partial charge in [-0.15, -0.1) is 0 Å². The summed E-state index contributed by atoms with van der Waals surface area (Å²) in [6, 6.07) is 0.740. The maximum absolute atomic E-state index is 11.1. The summed E-state index contributed by atoms with van der Waals surface area (Å²) >= 11 is 0. The molecule has 2 N–H and O–H groups in total. The van der Waals surface area contributed by atoms with Gasteiger partial charge in [-0.05, 0) is 85.0 Å². The van der Waals surface area contributed by atoms with Crippen molar-refractivity contribution in [2.24, 2.45) is 5.41 Å². The first-order valence-corrected chi connectivity index (χ1v) is 9.92. The Morgan fingerprint density at radius 1 is 1.04 bits per heavy atom. The van der Waals surface area contributed by atoms with Crippen LogP contribution in [-0.2, 0) is 0 Å². The molecule has 2 saturated heterocycles. The van der Waals surface area contributed by atoms with E-state index < -0.39 is 5.60 Å². The minimum atomic E-state index is -0.508. The van der Waals surface area contributed by atoms with Crippen molar-refractivity contribution in [3.05, 3.63) is 0 Å². The third-order valence-corrected chi connectivity index (χ3v) is 7.10. The second kappa shape index (κ2) is 7.61. The molecular formula is C20H41N3O. The van der Waals surface area contributed by atoms with Crippen molar-refractivity contribution in [1.29, 1.82) is 0 Å². The highest BCUT2D eigenvalue weighted by atomic mass is 16.3. The first-order chi connectivity index (χ1) is 11.1. The Kier molecular flexibility index (Phi) is 6.39. The molecule has 142 valence electrons. The topological polar surface area (TPSA) is 38.7 Å². The lowest BCUT2D eigenvalue weighted by Gasteiger charge is -2.49. The fraction of sp³-hybridized carbons (Fsp3) is 1.00. The van der Waals surface area contributed by atoms with Crippen LogP contribution in [0.3, 0.4) is 0 Å². The van der Waals surface area contributed by atoms with Gasteiger partial charge in [0, 0.05) is 24.7 Å². The molecule has 0 aromatic rings. The van der Waals surface area contributed by atoms with Gasteiger partial charge in [0.05, 0.1) is 5.60 Å². The highest BCUT2D eigenvalue weighted by Gasteiger charge is 2.44. The van der Waals surface area contributed by atoms with Crippen LogP contribution in [-0.4, -0.2) is 72.4 Å². The molecule has 4 heteroatoms. The second-order valence-corrected chi connectivity index (χ2v) is 9.66. The Balaban J connectivity index is 1.89. The van der Waals surface area contributed by atoms with E-state index in [0.717, 1.165) is 44.8 Å². The summed E-state index contributed by atoms with van der Waals surface area (Å²) in [5, 5.41) is 14.5. The monoisotopic (exact) mass is 339 g/mol. The average molecular weight is 340 g/mol. The van der Waals surface area contributed by atoms with Crippen LogP contribution in [0.2, 0.25) is 0 Å². The molecular weight excluding hydrogens is 298 g/mol. The van der Waals surface area contributed by atoms with E-state index in [2.05, 4.69) is 56.9 Å². The van der Waals surface area contributed by atoms with Crippen molar-refractivity contribution in [2.75, 3.05) is 40.3 Å². The number of likely N-dealkylation sites (tertiary alicyclic amines) is 1. The first kappa shape index (κ1) is 20.2. The zero-order valence-corrected chi connectivity index (χ0v) is 17.0. The van der Waals surface area contributed by atoms with Crippen LogP contribution in [0.25, 0.3) is 0 Å². The fourth-order valence-electron chi connectivity index (χ4n) is 4.51. The van der Waals surface area contributed by atoms with E-state index in [-0.39, 0.29) is 11.0 Å². The van der Waals surface area contributed by atoms with Gasteiger partial charge in [0.1, 0.15) is 0 Å². The van der Waals surface area contributed by atoms with E-state index in [9.17, 15) is 5.11 Å².